The molecule has 0 saturated heterocycles. The Balaban J connectivity index is 1.72. The Morgan fingerprint density at radius 2 is 2.09 bits per heavy atom. The molecule has 0 bridgehead atoms. The van der Waals surface area contributed by atoms with Crippen LogP contribution in [-0.4, -0.2) is 23.3 Å². The van der Waals surface area contributed by atoms with Gasteiger partial charge in [0.1, 0.15) is 6.10 Å². The number of carbonyl (C=O) groups is 1. The number of cyclic esters (lactones) is 1. The SMILES string of the molecule is O=C1C=CCC(C=CCC(O)C=CC=Cc2ccccc2)O1. The topological polar surface area (TPSA) is 46.5 Å². The Morgan fingerprint density at radius 1 is 1.27 bits per heavy atom. The molecular formula is C19H20O3. The fraction of sp³-hybridized carbons (Fsp3) is 0.211. The van der Waals surface area contributed by atoms with Gasteiger partial charge < -0.3 is 9.84 Å². The van der Waals surface area contributed by atoms with Crippen LogP contribution in [0, 0.1) is 0 Å². The van der Waals surface area contributed by atoms with Gasteiger partial charge in [-0.05, 0) is 18.1 Å². The van der Waals surface area contributed by atoms with Crippen LogP contribution in [0.2, 0.25) is 0 Å². The largest absolute Gasteiger partial charge is 0.455 e. The van der Waals surface area contributed by atoms with Crippen molar-refractivity contribution in [1.29, 1.82) is 0 Å². The summed E-state index contributed by atoms with van der Waals surface area (Å²) in [6, 6.07) is 9.97. The van der Waals surface area contributed by atoms with E-state index in [1.165, 1.54) is 6.08 Å². The van der Waals surface area contributed by atoms with E-state index in [0.717, 1.165) is 5.56 Å². The van der Waals surface area contributed by atoms with Crippen LogP contribution in [0.4, 0.5) is 0 Å². The Labute approximate surface area is 130 Å². The molecule has 0 amide bonds. The number of esters is 1. The lowest BCUT2D eigenvalue weighted by Crippen LogP contribution is -2.17. The predicted octanol–water partition coefficient (Wildman–Crippen LogP) is 3.43. The summed E-state index contributed by atoms with van der Waals surface area (Å²) < 4.78 is 5.09. The summed E-state index contributed by atoms with van der Waals surface area (Å²) in [4.78, 5) is 11.1. The third-order valence-corrected chi connectivity index (χ3v) is 3.15. The van der Waals surface area contributed by atoms with Crippen LogP contribution < -0.4 is 0 Å². The van der Waals surface area contributed by atoms with Gasteiger partial charge in [0.15, 0.2) is 0 Å². The normalized spacial score (nSPS) is 20.0. The molecule has 1 aromatic rings. The first-order valence-electron chi connectivity index (χ1n) is 7.36. The zero-order valence-corrected chi connectivity index (χ0v) is 12.3. The average molecular weight is 296 g/mol. The molecule has 0 aliphatic carbocycles. The van der Waals surface area contributed by atoms with Gasteiger partial charge in [-0.2, -0.15) is 0 Å². The fourth-order valence-electron chi connectivity index (χ4n) is 2.02. The standard InChI is InChI=1S/C19H20O3/c20-17(11-5-4-10-16-8-2-1-3-9-16)12-6-13-18-14-7-15-19(21)22-18/h1-11,13,15,17-18,20H,12,14H2. The molecule has 1 N–H and O–H groups in total. The van der Waals surface area contributed by atoms with Crippen molar-refractivity contribution >= 4 is 12.0 Å². The molecule has 1 heterocycles. The van der Waals surface area contributed by atoms with E-state index in [2.05, 4.69) is 0 Å². The minimum atomic E-state index is -0.550. The summed E-state index contributed by atoms with van der Waals surface area (Å²) in [5.74, 6) is -0.313. The summed E-state index contributed by atoms with van der Waals surface area (Å²) in [7, 11) is 0. The van der Waals surface area contributed by atoms with E-state index in [4.69, 9.17) is 4.74 Å². The van der Waals surface area contributed by atoms with Crippen LogP contribution in [0.5, 0.6) is 0 Å². The van der Waals surface area contributed by atoms with E-state index in [0.29, 0.717) is 12.8 Å². The highest BCUT2D eigenvalue weighted by molar-refractivity contribution is 5.82. The lowest BCUT2D eigenvalue weighted by molar-refractivity contribution is -0.141. The van der Waals surface area contributed by atoms with Crippen LogP contribution in [0.15, 0.2) is 72.9 Å². The number of carbonyl (C=O) groups excluding carboxylic acids is 1. The minimum Gasteiger partial charge on any atom is -0.455 e. The van der Waals surface area contributed by atoms with Crippen LogP contribution >= 0.6 is 0 Å². The van der Waals surface area contributed by atoms with Crippen molar-refractivity contribution in [2.24, 2.45) is 0 Å². The molecule has 0 radical (unpaired) electrons. The van der Waals surface area contributed by atoms with Gasteiger partial charge in [0.25, 0.3) is 0 Å². The second kappa shape index (κ2) is 8.80. The van der Waals surface area contributed by atoms with Gasteiger partial charge in [0.05, 0.1) is 6.10 Å². The molecule has 1 aliphatic rings. The minimum absolute atomic E-state index is 0.216. The zero-order valence-electron chi connectivity index (χ0n) is 12.3. The number of benzene rings is 1. The van der Waals surface area contributed by atoms with Crippen molar-refractivity contribution in [1.82, 2.24) is 0 Å². The van der Waals surface area contributed by atoms with Gasteiger partial charge in [-0.15, -0.1) is 0 Å². The summed E-state index contributed by atoms with van der Waals surface area (Å²) in [5, 5.41) is 9.83. The van der Waals surface area contributed by atoms with Gasteiger partial charge in [-0.25, -0.2) is 4.79 Å². The maximum Gasteiger partial charge on any atom is 0.331 e. The Bertz CT molecular complexity index is 582. The molecular weight excluding hydrogens is 276 g/mol. The number of allylic oxidation sites excluding steroid dienone is 2. The molecule has 2 atom stereocenters. The summed E-state index contributed by atoms with van der Waals surface area (Å²) in [6.07, 6.45) is 14.7. The van der Waals surface area contributed by atoms with Crippen molar-refractivity contribution in [2.75, 3.05) is 0 Å². The summed E-state index contributed by atoms with van der Waals surface area (Å²) >= 11 is 0. The highest BCUT2D eigenvalue weighted by Crippen LogP contribution is 2.09. The Kier molecular flexibility index (Phi) is 6.39. The molecule has 2 rings (SSSR count). The van der Waals surface area contributed by atoms with Crippen molar-refractivity contribution in [3.05, 3.63) is 78.4 Å². The van der Waals surface area contributed by atoms with Gasteiger partial charge in [0, 0.05) is 12.5 Å². The number of aliphatic hydroxyl groups excluding tert-OH is 1. The first kappa shape index (κ1) is 16.0. The lowest BCUT2D eigenvalue weighted by Gasteiger charge is -2.14. The van der Waals surface area contributed by atoms with Crippen molar-refractivity contribution < 1.29 is 14.6 Å². The third kappa shape index (κ3) is 5.94. The number of hydrogen-bond donors (Lipinski definition) is 1. The van der Waals surface area contributed by atoms with Gasteiger partial charge in [-0.1, -0.05) is 66.8 Å². The van der Waals surface area contributed by atoms with Gasteiger partial charge in [0.2, 0.25) is 0 Å². The zero-order chi connectivity index (χ0) is 15.6. The molecule has 0 saturated carbocycles. The molecule has 1 aromatic carbocycles. The number of aliphatic hydroxyl groups is 1. The molecule has 0 aromatic heterocycles. The molecule has 3 heteroatoms. The maximum atomic E-state index is 11.1. The summed E-state index contributed by atoms with van der Waals surface area (Å²) in [6.45, 7) is 0. The highest BCUT2D eigenvalue weighted by Gasteiger charge is 2.12. The van der Waals surface area contributed by atoms with E-state index in [-0.39, 0.29) is 12.1 Å². The van der Waals surface area contributed by atoms with E-state index in [1.807, 2.05) is 60.7 Å². The predicted molar refractivity (Wildman–Crippen MR) is 88.0 cm³/mol. The smallest absolute Gasteiger partial charge is 0.331 e. The molecule has 2 unspecified atom stereocenters. The number of ether oxygens (including phenoxy) is 1. The first-order chi connectivity index (χ1) is 10.7. The third-order valence-electron chi connectivity index (χ3n) is 3.15. The van der Waals surface area contributed by atoms with Crippen LogP contribution in [-0.2, 0) is 9.53 Å². The van der Waals surface area contributed by atoms with Crippen molar-refractivity contribution in [2.45, 2.75) is 25.0 Å². The van der Waals surface area contributed by atoms with Crippen LogP contribution in [0.3, 0.4) is 0 Å². The maximum absolute atomic E-state index is 11.1. The van der Waals surface area contributed by atoms with E-state index in [1.54, 1.807) is 12.2 Å². The van der Waals surface area contributed by atoms with E-state index >= 15 is 0 Å². The average Bonchev–Trinajstić information content (AvgIpc) is 2.53. The highest BCUT2D eigenvalue weighted by atomic mass is 16.5. The molecule has 3 nitrogen and oxygen atoms in total. The fourth-order valence-corrected chi connectivity index (χ4v) is 2.02. The second-order valence-corrected chi connectivity index (χ2v) is 5.00. The summed E-state index contributed by atoms with van der Waals surface area (Å²) in [5.41, 5.74) is 1.12. The molecule has 22 heavy (non-hydrogen) atoms. The Morgan fingerprint density at radius 3 is 2.86 bits per heavy atom. The quantitative estimate of drug-likeness (QED) is 0.497. The molecule has 0 spiro atoms. The number of rotatable bonds is 6. The molecule has 1 aliphatic heterocycles. The van der Waals surface area contributed by atoms with Gasteiger partial charge in [-0.3, -0.25) is 0 Å². The second-order valence-electron chi connectivity index (χ2n) is 5.00. The molecule has 0 fully saturated rings. The van der Waals surface area contributed by atoms with Gasteiger partial charge >= 0.3 is 5.97 Å². The monoisotopic (exact) mass is 296 g/mol. The van der Waals surface area contributed by atoms with Crippen molar-refractivity contribution in [3.8, 4) is 0 Å². The number of hydrogen-bond acceptors (Lipinski definition) is 3. The van der Waals surface area contributed by atoms with E-state index < -0.39 is 6.10 Å². The Hall–Kier alpha value is -2.39. The lowest BCUT2D eigenvalue weighted by atomic mass is 10.1. The van der Waals surface area contributed by atoms with Crippen LogP contribution in [0.25, 0.3) is 6.08 Å². The molecule has 114 valence electrons. The van der Waals surface area contributed by atoms with Crippen molar-refractivity contribution in [3.63, 3.8) is 0 Å². The van der Waals surface area contributed by atoms with E-state index in [9.17, 15) is 9.90 Å². The van der Waals surface area contributed by atoms with Crippen LogP contribution in [0.1, 0.15) is 18.4 Å². The first-order valence-corrected chi connectivity index (χ1v) is 7.36.